The Morgan fingerprint density at radius 2 is 1.88 bits per heavy atom. The van der Waals surface area contributed by atoms with Crippen molar-refractivity contribution < 1.29 is 9.53 Å². The van der Waals surface area contributed by atoms with Crippen molar-refractivity contribution >= 4 is 17.3 Å². The molecule has 0 aliphatic carbocycles. The summed E-state index contributed by atoms with van der Waals surface area (Å²) in [5.41, 5.74) is 2.95. The van der Waals surface area contributed by atoms with Crippen molar-refractivity contribution in [3.05, 3.63) is 66.7 Å². The van der Waals surface area contributed by atoms with Crippen LogP contribution in [-0.2, 0) is 0 Å². The molecule has 0 bridgehead atoms. The summed E-state index contributed by atoms with van der Waals surface area (Å²) in [6.45, 7) is 14.7. The Hall–Kier alpha value is -2.79. The molecule has 0 spiro atoms. The van der Waals surface area contributed by atoms with Gasteiger partial charge in [0, 0.05) is 61.8 Å². The number of amides is 1. The second-order valence-electron chi connectivity index (χ2n) is 8.48. The van der Waals surface area contributed by atoms with Gasteiger partial charge in [-0.25, -0.2) is 0 Å². The van der Waals surface area contributed by atoms with E-state index in [1.807, 2.05) is 49.1 Å². The Bertz CT molecular complexity index is 892. The standard InChI is InChI=1S/C27H37N3O2/c1-6-17-28-18-16-26(21(4)20-28)30(24-10-9-11-25(19-24)32-5)23-14-12-22(13-15-23)27(31)29(7-2)8-3/h6,9-15,19,21,26H,1,7-8,16-18,20H2,2-5H3/t21-,26+/m0/s1. The van der Waals surface area contributed by atoms with E-state index in [2.05, 4.69) is 47.6 Å². The van der Waals surface area contributed by atoms with Gasteiger partial charge in [0.25, 0.3) is 5.91 Å². The third kappa shape index (κ3) is 5.33. The van der Waals surface area contributed by atoms with Gasteiger partial charge < -0.3 is 14.5 Å². The summed E-state index contributed by atoms with van der Waals surface area (Å²) in [5, 5.41) is 0. The molecule has 0 saturated carbocycles. The molecule has 0 radical (unpaired) electrons. The summed E-state index contributed by atoms with van der Waals surface area (Å²) < 4.78 is 5.51. The van der Waals surface area contributed by atoms with Crippen LogP contribution < -0.4 is 9.64 Å². The number of carbonyl (C=O) groups excluding carboxylic acids is 1. The third-order valence-electron chi connectivity index (χ3n) is 6.44. The van der Waals surface area contributed by atoms with Crippen LogP contribution in [0.4, 0.5) is 11.4 Å². The average Bonchev–Trinajstić information content (AvgIpc) is 2.82. The van der Waals surface area contributed by atoms with Gasteiger partial charge in [0.2, 0.25) is 0 Å². The minimum Gasteiger partial charge on any atom is -0.497 e. The molecule has 1 aliphatic heterocycles. The minimum atomic E-state index is 0.0839. The van der Waals surface area contributed by atoms with Crippen LogP contribution in [0.1, 0.15) is 37.6 Å². The number of nitrogens with zero attached hydrogens (tertiary/aromatic N) is 3. The Morgan fingerprint density at radius 1 is 1.16 bits per heavy atom. The number of methoxy groups -OCH3 is 1. The topological polar surface area (TPSA) is 36.0 Å². The molecular weight excluding hydrogens is 398 g/mol. The van der Waals surface area contributed by atoms with Crippen LogP contribution >= 0.6 is 0 Å². The molecule has 5 nitrogen and oxygen atoms in total. The van der Waals surface area contributed by atoms with E-state index in [4.69, 9.17) is 4.74 Å². The van der Waals surface area contributed by atoms with Crippen LogP contribution in [0, 0.1) is 5.92 Å². The van der Waals surface area contributed by atoms with Crippen molar-refractivity contribution in [2.24, 2.45) is 5.92 Å². The third-order valence-corrected chi connectivity index (χ3v) is 6.44. The summed E-state index contributed by atoms with van der Waals surface area (Å²) in [5.74, 6) is 1.41. The number of ether oxygens (including phenoxy) is 1. The van der Waals surface area contributed by atoms with Crippen LogP contribution in [0.2, 0.25) is 0 Å². The molecule has 5 heteroatoms. The molecule has 0 N–H and O–H groups in total. The fraction of sp³-hybridized carbons (Fsp3) is 0.444. The number of hydrogen-bond acceptors (Lipinski definition) is 4. The van der Waals surface area contributed by atoms with Gasteiger partial charge in [-0.05, 0) is 62.6 Å². The van der Waals surface area contributed by atoms with Crippen LogP contribution in [0.5, 0.6) is 5.75 Å². The van der Waals surface area contributed by atoms with Gasteiger partial charge in [0.05, 0.1) is 7.11 Å². The highest BCUT2D eigenvalue weighted by molar-refractivity contribution is 5.94. The van der Waals surface area contributed by atoms with Gasteiger partial charge in [0.15, 0.2) is 0 Å². The number of piperidine rings is 1. The van der Waals surface area contributed by atoms with Crippen molar-refractivity contribution in [3.8, 4) is 5.75 Å². The molecule has 1 amide bonds. The van der Waals surface area contributed by atoms with Crippen LogP contribution in [0.25, 0.3) is 0 Å². The normalized spacial score (nSPS) is 18.8. The van der Waals surface area contributed by atoms with E-state index in [9.17, 15) is 4.79 Å². The van der Waals surface area contributed by atoms with Crippen molar-refractivity contribution in [2.75, 3.05) is 44.7 Å². The maximum Gasteiger partial charge on any atom is 0.253 e. The first-order chi connectivity index (χ1) is 15.5. The number of carbonyl (C=O) groups is 1. The Morgan fingerprint density at radius 3 is 2.47 bits per heavy atom. The molecule has 2 atom stereocenters. The van der Waals surface area contributed by atoms with Crippen molar-refractivity contribution in [2.45, 2.75) is 33.2 Å². The van der Waals surface area contributed by atoms with E-state index in [1.165, 1.54) is 0 Å². The van der Waals surface area contributed by atoms with Crippen molar-refractivity contribution in [1.82, 2.24) is 9.80 Å². The van der Waals surface area contributed by atoms with Gasteiger partial charge in [-0.2, -0.15) is 0 Å². The highest BCUT2D eigenvalue weighted by atomic mass is 16.5. The predicted molar refractivity (Wildman–Crippen MR) is 133 cm³/mol. The van der Waals surface area contributed by atoms with Gasteiger partial charge in [-0.1, -0.05) is 19.1 Å². The number of benzene rings is 2. The average molecular weight is 436 g/mol. The SMILES string of the molecule is C=CCN1CC[C@@H](N(c2ccc(C(=O)N(CC)CC)cc2)c2cccc(OC)c2)[C@@H](C)C1. The smallest absolute Gasteiger partial charge is 0.253 e. The van der Waals surface area contributed by atoms with E-state index in [1.54, 1.807) is 7.11 Å². The predicted octanol–water partition coefficient (Wildman–Crippen LogP) is 5.21. The molecule has 1 aliphatic rings. The zero-order valence-corrected chi connectivity index (χ0v) is 20.0. The van der Waals surface area contributed by atoms with E-state index in [0.717, 1.165) is 48.7 Å². The zero-order chi connectivity index (χ0) is 23.1. The minimum absolute atomic E-state index is 0.0839. The molecule has 3 rings (SSSR count). The van der Waals surface area contributed by atoms with E-state index >= 15 is 0 Å². The Balaban J connectivity index is 1.94. The summed E-state index contributed by atoms with van der Waals surface area (Å²) in [6, 6.07) is 16.7. The second-order valence-corrected chi connectivity index (χ2v) is 8.48. The molecule has 2 aromatic rings. The maximum atomic E-state index is 12.8. The van der Waals surface area contributed by atoms with Gasteiger partial charge in [0.1, 0.15) is 5.75 Å². The summed E-state index contributed by atoms with van der Waals surface area (Å²) in [6.07, 6.45) is 3.05. The number of hydrogen-bond donors (Lipinski definition) is 0. The number of anilines is 2. The van der Waals surface area contributed by atoms with Crippen LogP contribution in [0.15, 0.2) is 61.2 Å². The molecule has 1 fully saturated rings. The number of likely N-dealkylation sites (tertiary alicyclic amines) is 1. The Kier molecular flexibility index (Phi) is 8.34. The van der Waals surface area contributed by atoms with Crippen molar-refractivity contribution in [1.29, 1.82) is 0 Å². The zero-order valence-electron chi connectivity index (χ0n) is 20.0. The maximum absolute atomic E-state index is 12.8. The monoisotopic (exact) mass is 435 g/mol. The number of rotatable bonds is 9. The highest BCUT2D eigenvalue weighted by Gasteiger charge is 2.31. The van der Waals surface area contributed by atoms with Gasteiger partial charge in [-0.15, -0.1) is 6.58 Å². The van der Waals surface area contributed by atoms with E-state index in [0.29, 0.717) is 25.0 Å². The van der Waals surface area contributed by atoms with E-state index in [-0.39, 0.29) is 5.91 Å². The lowest BCUT2D eigenvalue weighted by Gasteiger charge is -2.43. The molecule has 0 unspecified atom stereocenters. The molecule has 1 saturated heterocycles. The molecule has 1 heterocycles. The van der Waals surface area contributed by atoms with Crippen LogP contribution in [-0.4, -0.2) is 61.6 Å². The lowest BCUT2D eigenvalue weighted by molar-refractivity contribution is 0.0773. The highest BCUT2D eigenvalue weighted by Crippen LogP contribution is 2.36. The lowest BCUT2D eigenvalue weighted by atomic mass is 9.91. The largest absolute Gasteiger partial charge is 0.497 e. The first-order valence-corrected chi connectivity index (χ1v) is 11.7. The van der Waals surface area contributed by atoms with E-state index < -0.39 is 0 Å². The molecule has 32 heavy (non-hydrogen) atoms. The van der Waals surface area contributed by atoms with Crippen molar-refractivity contribution in [3.63, 3.8) is 0 Å². The summed E-state index contributed by atoms with van der Waals surface area (Å²) in [4.78, 5) is 19.5. The fourth-order valence-corrected chi connectivity index (χ4v) is 4.70. The first-order valence-electron chi connectivity index (χ1n) is 11.7. The second kappa shape index (κ2) is 11.2. The Labute approximate surface area is 193 Å². The fourth-order valence-electron chi connectivity index (χ4n) is 4.70. The van der Waals surface area contributed by atoms with Crippen LogP contribution in [0.3, 0.4) is 0 Å². The first kappa shape index (κ1) is 23.9. The molecular formula is C27H37N3O2. The molecule has 172 valence electrons. The summed E-state index contributed by atoms with van der Waals surface area (Å²) >= 11 is 0. The quantitative estimate of drug-likeness (QED) is 0.507. The lowest BCUT2D eigenvalue weighted by Crippen LogP contribution is -2.48. The summed E-state index contributed by atoms with van der Waals surface area (Å²) in [7, 11) is 1.70. The molecule has 0 aromatic heterocycles. The van der Waals surface area contributed by atoms with Gasteiger partial charge >= 0.3 is 0 Å². The molecule has 2 aromatic carbocycles. The van der Waals surface area contributed by atoms with Gasteiger partial charge in [-0.3, -0.25) is 9.69 Å².